The van der Waals surface area contributed by atoms with E-state index in [9.17, 15) is 9.59 Å². The van der Waals surface area contributed by atoms with Gasteiger partial charge in [-0.3, -0.25) is 14.8 Å². The Hall–Kier alpha value is -2.86. The molecule has 6 nitrogen and oxygen atoms in total. The van der Waals surface area contributed by atoms with Crippen molar-refractivity contribution >= 4 is 23.2 Å². The Balaban J connectivity index is 1.67. The molecule has 1 atom stereocenters. The highest BCUT2D eigenvalue weighted by atomic mass is 16.5. The van der Waals surface area contributed by atoms with Crippen LogP contribution >= 0.6 is 0 Å². The van der Waals surface area contributed by atoms with E-state index < -0.39 is 5.91 Å². The molecule has 2 aromatic rings. The molecule has 1 aliphatic rings. The van der Waals surface area contributed by atoms with E-state index in [2.05, 4.69) is 5.32 Å². The first-order valence-corrected chi connectivity index (χ1v) is 7.36. The van der Waals surface area contributed by atoms with Crippen molar-refractivity contribution in [2.45, 2.75) is 12.5 Å². The van der Waals surface area contributed by atoms with Crippen molar-refractivity contribution in [3.8, 4) is 0 Å². The molecule has 1 unspecified atom stereocenters. The van der Waals surface area contributed by atoms with Crippen molar-refractivity contribution in [1.29, 1.82) is 0 Å². The second-order valence-electron chi connectivity index (χ2n) is 5.33. The van der Waals surface area contributed by atoms with Crippen LogP contribution in [0.3, 0.4) is 0 Å². The lowest BCUT2D eigenvalue weighted by atomic mass is 10.1. The molecule has 0 saturated carbocycles. The Kier molecular flexibility index (Phi) is 4.25. The van der Waals surface area contributed by atoms with E-state index in [0.29, 0.717) is 18.5 Å². The van der Waals surface area contributed by atoms with Gasteiger partial charge in [0.05, 0.1) is 0 Å². The Labute approximate surface area is 133 Å². The topological polar surface area (TPSA) is 81.7 Å². The van der Waals surface area contributed by atoms with Crippen LogP contribution < -0.4 is 15.7 Å². The Morgan fingerprint density at radius 3 is 2.43 bits per heavy atom. The molecule has 0 aromatic heterocycles. The number of hydroxylamine groups is 1. The Morgan fingerprint density at radius 2 is 1.78 bits per heavy atom. The minimum absolute atomic E-state index is 0.0355. The maximum absolute atomic E-state index is 12.5. The number of carbonyl (C=O) groups is 2. The van der Waals surface area contributed by atoms with Gasteiger partial charge in [0, 0.05) is 23.5 Å². The number of hydrogen-bond donors (Lipinski definition) is 3. The van der Waals surface area contributed by atoms with Gasteiger partial charge in [-0.2, -0.15) is 0 Å². The van der Waals surface area contributed by atoms with E-state index in [-0.39, 0.29) is 11.9 Å². The minimum atomic E-state index is -0.566. The first kappa shape index (κ1) is 15.1. The monoisotopic (exact) mass is 311 g/mol. The van der Waals surface area contributed by atoms with Crippen LogP contribution in [-0.2, 0) is 4.79 Å². The zero-order valence-corrected chi connectivity index (χ0v) is 12.4. The van der Waals surface area contributed by atoms with Crippen LogP contribution in [0.4, 0.5) is 11.4 Å². The average Bonchev–Trinajstić information content (AvgIpc) is 2.96. The molecule has 2 amide bonds. The molecule has 1 aliphatic heterocycles. The van der Waals surface area contributed by atoms with Crippen LogP contribution in [-0.4, -0.2) is 29.6 Å². The fraction of sp³-hybridized carbons (Fsp3) is 0.176. The SMILES string of the molecule is O=C(NO)c1ccc(NC2CCN(c3ccccc3)C2=O)cc1. The van der Waals surface area contributed by atoms with E-state index in [1.54, 1.807) is 34.6 Å². The summed E-state index contributed by atoms with van der Waals surface area (Å²) in [4.78, 5) is 25.5. The molecule has 3 N–H and O–H groups in total. The Bertz CT molecular complexity index is 701. The second kappa shape index (κ2) is 6.50. The van der Waals surface area contributed by atoms with Gasteiger partial charge in [0.25, 0.3) is 5.91 Å². The van der Waals surface area contributed by atoms with Gasteiger partial charge < -0.3 is 10.2 Å². The number of benzene rings is 2. The molecule has 1 saturated heterocycles. The number of para-hydroxylation sites is 1. The summed E-state index contributed by atoms with van der Waals surface area (Å²) in [6.45, 7) is 0.672. The van der Waals surface area contributed by atoms with Gasteiger partial charge in [0.1, 0.15) is 6.04 Å². The van der Waals surface area contributed by atoms with Gasteiger partial charge >= 0.3 is 0 Å². The zero-order chi connectivity index (χ0) is 16.2. The summed E-state index contributed by atoms with van der Waals surface area (Å²) >= 11 is 0. The van der Waals surface area contributed by atoms with Gasteiger partial charge in [-0.15, -0.1) is 0 Å². The van der Waals surface area contributed by atoms with Crippen molar-refractivity contribution in [1.82, 2.24) is 5.48 Å². The normalized spacial score (nSPS) is 17.2. The van der Waals surface area contributed by atoms with Crippen LogP contribution in [0.25, 0.3) is 0 Å². The van der Waals surface area contributed by atoms with Gasteiger partial charge in [-0.1, -0.05) is 18.2 Å². The van der Waals surface area contributed by atoms with Crippen molar-refractivity contribution < 1.29 is 14.8 Å². The van der Waals surface area contributed by atoms with Crippen molar-refractivity contribution in [2.24, 2.45) is 0 Å². The van der Waals surface area contributed by atoms with Crippen molar-refractivity contribution in [3.63, 3.8) is 0 Å². The molecule has 0 radical (unpaired) electrons. The molecular formula is C17H17N3O3. The molecule has 0 spiro atoms. The van der Waals surface area contributed by atoms with E-state index >= 15 is 0 Å². The third-order valence-electron chi connectivity index (χ3n) is 3.86. The quantitative estimate of drug-likeness (QED) is 0.596. The van der Waals surface area contributed by atoms with Crippen molar-refractivity contribution in [2.75, 3.05) is 16.8 Å². The Morgan fingerprint density at radius 1 is 1.09 bits per heavy atom. The number of rotatable bonds is 4. The molecular weight excluding hydrogens is 294 g/mol. The fourth-order valence-corrected chi connectivity index (χ4v) is 2.66. The molecule has 1 heterocycles. The van der Waals surface area contributed by atoms with Crippen LogP contribution in [0.5, 0.6) is 0 Å². The summed E-state index contributed by atoms with van der Waals surface area (Å²) in [5.41, 5.74) is 3.59. The van der Waals surface area contributed by atoms with Crippen LogP contribution in [0.15, 0.2) is 54.6 Å². The highest BCUT2D eigenvalue weighted by Gasteiger charge is 2.32. The van der Waals surface area contributed by atoms with Crippen LogP contribution in [0.2, 0.25) is 0 Å². The summed E-state index contributed by atoms with van der Waals surface area (Å²) in [5.74, 6) is -0.530. The standard InChI is InChI=1S/C17H17N3O3/c21-16(19-23)12-6-8-13(9-7-12)18-15-10-11-20(17(15)22)14-4-2-1-3-5-14/h1-9,15,18,23H,10-11H2,(H,19,21). The van der Waals surface area contributed by atoms with E-state index in [1.165, 1.54) is 0 Å². The maximum Gasteiger partial charge on any atom is 0.274 e. The molecule has 3 rings (SSSR count). The largest absolute Gasteiger partial charge is 0.374 e. The van der Waals surface area contributed by atoms with Crippen LogP contribution in [0.1, 0.15) is 16.8 Å². The number of nitrogens with zero attached hydrogens (tertiary/aromatic N) is 1. The molecule has 2 aromatic carbocycles. The van der Waals surface area contributed by atoms with E-state index in [4.69, 9.17) is 5.21 Å². The lowest BCUT2D eigenvalue weighted by Crippen LogP contribution is -2.33. The van der Waals surface area contributed by atoms with Crippen molar-refractivity contribution in [3.05, 3.63) is 60.2 Å². The molecule has 0 aliphatic carbocycles. The second-order valence-corrected chi connectivity index (χ2v) is 5.33. The first-order chi connectivity index (χ1) is 11.2. The number of carbonyl (C=O) groups excluding carboxylic acids is 2. The average molecular weight is 311 g/mol. The van der Waals surface area contributed by atoms with Gasteiger partial charge in [-0.05, 0) is 42.8 Å². The number of nitrogens with one attached hydrogen (secondary N) is 2. The van der Waals surface area contributed by atoms with Gasteiger partial charge in [0.2, 0.25) is 5.91 Å². The third kappa shape index (κ3) is 3.17. The number of anilines is 2. The van der Waals surface area contributed by atoms with Crippen LogP contribution in [0, 0.1) is 0 Å². The van der Waals surface area contributed by atoms with E-state index in [1.807, 2.05) is 30.3 Å². The molecule has 118 valence electrons. The highest BCUT2D eigenvalue weighted by molar-refractivity contribution is 6.01. The maximum atomic E-state index is 12.5. The third-order valence-corrected chi connectivity index (χ3v) is 3.86. The lowest BCUT2D eigenvalue weighted by molar-refractivity contribution is -0.117. The first-order valence-electron chi connectivity index (χ1n) is 7.36. The lowest BCUT2D eigenvalue weighted by Gasteiger charge is -2.17. The zero-order valence-electron chi connectivity index (χ0n) is 12.4. The molecule has 6 heteroatoms. The summed E-state index contributed by atoms with van der Waals surface area (Å²) in [6.07, 6.45) is 0.715. The fourth-order valence-electron chi connectivity index (χ4n) is 2.66. The number of amides is 2. The van der Waals surface area contributed by atoms with Gasteiger partial charge in [-0.25, -0.2) is 5.48 Å². The summed E-state index contributed by atoms with van der Waals surface area (Å²) in [7, 11) is 0. The smallest absolute Gasteiger partial charge is 0.274 e. The van der Waals surface area contributed by atoms with Gasteiger partial charge in [0.15, 0.2) is 0 Å². The summed E-state index contributed by atoms with van der Waals surface area (Å²) in [5, 5.41) is 11.8. The molecule has 23 heavy (non-hydrogen) atoms. The highest BCUT2D eigenvalue weighted by Crippen LogP contribution is 2.23. The summed E-state index contributed by atoms with van der Waals surface area (Å²) < 4.78 is 0. The minimum Gasteiger partial charge on any atom is -0.374 e. The predicted molar refractivity (Wildman–Crippen MR) is 86.5 cm³/mol. The predicted octanol–water partition coefficient (Wildman–Crippen LogP) is 2.02. The van der Waals surface area contributed by atoms with E-state index in [0.717, 1.165) is 11.4 Å². The molecule has 1 fully saturated rings. The summed E-state index contributed by atoms with van der Waals surface area (Å²) in [6, 6.07) is 15.9. The molecule has 0 bridgehead atoms. The number of hydrogen-bond acceptors (Lipinski definition) is 4.